The van der Waals surface area contributed by atoms with Gasteiger partial charge in [0.2, 0.25) is 0 Å². The highest BCUT2D eigenvalue weighted by molar-refractivity contribution is 8.93. The lowest BCUT2D eigenvalue weighted by Crippen LogP contribution is -2.08. The highest BCUT2D eigenvalue weighted by atomic mass is 79.9. The standard InChI is InChI=1S/C11H23NO2.BrH/c1-3-5-8-13-10-7-11(12)14-9-6-4-2;/h12H,3-10H2,1-2H3;1H. The molecule has 1 N–H and O–H groups in total. The SMILES string of the molecule is Br.CCCCOCCC(=N)OCCCC. The monoisotopic (exact) mass is 281 g/mol. The molecule has 0 atom stereocenters. The van der Waals surface area contributed by atoms with E-state index in [1.807, 2.05) is 0 Å². The maximum absolute atomic E-state index is 7.45. The van der Waals surface area contributed by atoms with Gasteiger partial charge in [-0.2, -0.15) is 0 Å². The molecule has 0 spiro atoms. The van der Waals surface area contributed by atoms with E-state index in [0.29, 0.717) is 25.5 Å². The van der Waals surface area contributed by atoms with Crippen molar-refractivity contribution in [1.82, 2.24) is 0 Å². The molecule has 92 valence electrons. The molecule has 0 aromatic heterocycles. The number of nitrogens with one attached hydrogen (secondary N) is 1. The molecule has 0 saturated carbocycles. The maximum Gasteiger partial charge on any atom is 0.182 e. The second-order valence-corrected chi connectivity index (χ2v) is 3.34. The summed E-state index contributed by atoms with van der Waals surface area (Å²) in [5.41, 5.74) is 0. The summed E-state index contributed by atoms with van der Waals surface area (Å²) in [6.07, 6.45) is 5.00. The molecule has 0 bridgehead atoms. The van der Waals surface area contributed by atoms with Crippen molar-refractivity contribution in [3.8, 4) is 0 Å². The summed E-state index contributed by atoms with van der Waals surface area (Å²) in [6.45, 7) is 6.34. The van der Waals surface area contributed by atoms with Crippen LogP contribution in [0.1, 0.15) is 46.0 Å². The van der Waals surface area contributed by atoms with Gasteiger partial charge >= 0.3 is 0 Å². The molecule has 3 nitrogen and oxygen atoms in total. The minimum atomic E-state index is 0. The zero-order chi connectivity index (χ0) is 10.6. The van der Waals surface area contributed by atoms with E-state index in [9.17, 15) is 0 Å². The van der Waals surface area contributed by atoms with Gasteiger partial charge in [0.15, 0.2) is 5.90 Å². The van der Waals surface area contributed by atoms with Crippen molar-refractivity contribution < 1.29 is 9.47 Å². The van der Waals surface area contributed by atoms with Gasteiger partial charge in [0.05, 0.1) is 13.2 Å². The van der Waals surface area contributed by atoms with Crippen LogP contribution in [-0.4, -0.2) is 25.7 Å². The van der Waals surface area contributed by atoms with E-state index >= 15 is 0 Å². The van der Waals surface area contributed by atoms with E-state index < -0.39 is 0 Å². The smallest absolute Gasteiger partial charge is 0.182 e. The van der Waals surface area contributed by atoms with Crippen LogP contribution < -0.4 is 0 Å². The Morgan fingerprint density at radius 2 is 1.60 bits per heavy atom. The Labute approximate surface area is 104 Å². The van der Waals surface area contributed by atoms with Crippen LogP contribution in [0.5, 0.6) is 0 Å². The van der Waals surface area contributed by atoms with Gasteiger partial charge in [-0.1, -0.05) is 26.7 Å². The predicted octanol–water partition coefficient (Wildman–Crippen LogP) is 3.57. The molecule has 0 saturated heterocycles. The molecule has 0 aliphatic heterocycles. The largest absolute Gasteiger partial charge is 0.481 e. The summed E-state index contributed by atoms with van der Waals surface area (Å²) in [7, 11) is 0. The number of halogens is 1. The Morgan fingerprint density at radius 1 is 1.00 bits per heavy atom. The number of rotatable bonds is 9. The summed E-state index contributed by atoms with van der Waals surface area (Å²) in [6, 6.07) is 0. The molecule has 4 heteroatoms. The molecule has 0 aliphatic carbocycles. The summed E-state index contributed by atoms with van der Waals surface area (Å²) in [5.74, 6) is 0.356. The molecule has 0 fully saturated rings. The van der Waals surface area contributed by atoms with E-state index in [1.54, 1.807) is 0 Å². The van der Waals surface area contributed by atoms with Crippen LogP contribution in [0, 0.1) is 5.41 Å². The third kappa shape index (κ3) is 13.9. The van der Waals surface area contributed by atoms with E-state index in [0.717, 1.165) is 32.3 Å². The van der Waals surface area contributed by atoms with Gasteiger partial charge in [0.1, 0.15) is 0 Å². The first-order valence-corrected chi connectivity index (χ1v) is 5.59. The Bertz CT molecular complexity index is 143. The van der Waals surface area contributed by atoms with Crippen molar-refractivity contribution in [3.63, 3.8) is 0 Å². The van der Waals surface area contributed by atoms with Gasteiger partial charge in [-0.15, -0.1) is 17.0 Å². The number of ether oxygens (including phenoxy) is 2. The summed E-state index contributed by atoms with van der Waals surface area (Å²) in [4.78, 5) is 0. The van der Waals surface area contributed by atoms with Crippen molar-refractivity contribution in [2.45, 2.75) is 46.0 Å². The molecule has 0 unspecified atom stereocenters. The molecule has 0 aliphatic rings. The van der Waals surface area contributed by atoms with E-state index in [1.165, 1.54) is 0 Å². The number of hydrogen-bond acceptors (Lipinski definition) is 3. The quantitative estimate of drug-likeness (QED) is 0.399. The molecule has 0 aromatic rings. The molecule has 0 aromatic carbocycles. The van der Waals surface area contributed by atoms with Crippen LogP contribution in [0.3, 0.4) is 0 Å². The first kappa shape index (κ1) is 17.3. The molecule has 0 radical (unpaired) electrons. The first-order valence-electron chi connectivity index (χ1n) is 5.59. The topological polar surface area (TPSA) is 42.3 Å². The lowest BCUT2D eigenvalue weighted by molar-refractivity contribution is 0.132. The van der Waals surface area contributed by atoms with Crippen LogP contribution in [0.4, 0.5) is 0 Å². The van der Waals surface area contributed by atoms with Gasteiger partial charge in [-0.05, 0) is 12.8 Å². The molecule has 0 heterocycles. The molecule has 15 heavy (non-hydrogen) atoms. The lowest BCUT2D eigenvalue weighted by Gasteiger charge is -2.06. The Morgan fingerprint density at radius 3 is 2.20 bits per heavy atom. The first-order chi connectivity index (χ1) is 6.81. The minimum Gasteiger partial charge on any atom is -0.481 e. The number of unbranched alkanes of at least 4 members (excludes halogenated alkanes) is 2. The zero-order valence-corrected chi connectivity index (χ0v) is 11.6. The van der Waals surface area contributed by atoms with E-state index in [2.05, 4.69) is 13.8 Å². The Kier molecular flexibility index (Phi) is 16.1. The number of hydrogen-bond donors (Lipinski definition) is 1. The van der Waals surface area contributed by atoms with Crippen molar-refractivity contribution in [3.05, 3.63) is 0 Å². The predicted molar refractivity (Wildman–Crippen MR) is 69.3 cm³/mol. The van der Waals surface area contributed by atoms with Crippen molar-refractivity contribution in [1.29, 1.82) is 5.41 Å². The average Bonchev–Trinajstić information content (AvgIpc) is 2.18. The summed E-state index contributed by atoms with van der Waals surface area (Å²) < 4.78 is 10.5. The van der Waals surface area contributed by atoms with Crippen LogP contribution >= 0.6 is 17.0 Å². The van der Waals surface area contributed by atoms with Crippen molar-refractivity contribution >= 4 is 22.9 Å². The van der Waals surface area contributed by atoms with Gasteiger partial charge < -0.3 is 9.47 Å². The van der Waals surface area contributed by atoms with Crippen LogP contribution in [0.2, 0.25) is 0 Å². The third-order valence-corrected chi connectivity index (χ3v) is 1.89. The van der Waals surface area contributed by atoms with Crippen LogP contribution in [-0.2, 0) is 9.47 Å². The zero-order valence-electron chi connectivity index (χ0n) is 9.88. The van der Waals surface area contributed by atoms with Crippen molar-refractivity contribution in [2.24, 2.45) is 0 Å². The second-order valence-electron chi connectivity index (χ2n) is 3.34. The third-order valence-electron chi connectivity index (χ3n) is 1.89. The van der Waals surface area contributed by atoms with E-state index in [-0.39, 0.29) is 17.0 Å². The highest BCUT2D eigenvalue weighted by Crippen LogP contribution is 1.94. The highest BCUT2D eigenvalue weighted by Gasteiger charge is 1.97. The van der Waals surface area contributed by atoms with Crippen LogP contribution in [0.25, 0.3) is 0 Å². The maximum atomic E-state index is 7.45. The Balaban J connectivity index is 0. The van der Waals surface area contributed by atoms with Gasteiger partial charge in [0, 0.05) is 13.0 Å². The van der Waals surface area contributed by atoms with Crippen LogP contribution in [0.15, 0.2) is 0 Å². The van der Waals surface area contributed by atoms with Crippen molar-refractivity contribution in [2.75, 3.05) is 19.8 Å². The fourth-order valence-electron chi connectivity index (χ4n) is 0.925. The lowest BCUT2D eigenvalue weighted by atomic mass is 10.3. The summed E-state index contributed by atoms with van der Waals surface area (Å²) in [5, 5.41) is 7.45. The normalized spacial score (nSPS) is 9.47. The minimum absolute atomic E-state index is 0. The average molecular weight is 282 g/mol. The molecule has 0 amide bonds. The molecule has 0 rings (SSSR count). The van der Waals surface area contributed by atoms with Gasteiger partial charge in [-0.25, -0.2) is 0 Å². The van der Waals surface area contributed by atoms with E-state index in [4.69, 9.17) is 14.9 Å². The van der Waals surface area contributed by atoms with Gasteiger partial charge in [-0.3, -0.25) is 5.41 Å². The second kappa shape index (κ2) is 13.9. The fraction of sp³-hybridized carbons (Fsp3) is 0.909. The summed E-state index contributed by atoms with van der Waals surface area (Å²) >= 11 is 0. The van der Waals surface area contributed by atoms with Gasteiger partial charge in [0.25, 0.3) is 0 Å². The molecular formula is C11H24BrNO2. The Hall–Kier alpha value is -0.0900. The molecular weight excluding hydrogens is 258 g/mol. The fourth-order valence-corrected chi connectivity index (χ4v) is 0.925.